The van der Waals surface area contributed by atoms with Crippen molar-refractivity contribution in [3.8, 4) is 0 Å². The predicted molar refractivity (Wildman–Crippen MR) is 63.6 cm³/mol. The molecule has 1 aliphatic heterocycles. The Hall–Kier alpha value is -0.910. The average molecular weight is 246 g/mol. The number of carboxylic acid groups (broad SMARTS) is 1. The minimum atomic E-state index is -0.785. The lowest BCUT2D eigenvalue weighted by Crippen LogP contribution is -2.56. The molecule has 5 nitrogen and oxygen atoms in total. The van der Waals surface area contributed by atoms with Crippen molar-refractivity contribution in [1.82, 2.24) is 10.2 Å². The number of thioether (sulfide) groups is 1. The lowest BCUT2D eigenvalue weighted by Gasteiger charge is -2.41. The van der Waals surface area contributed by atoms with Gasteiger partial charge in [-0.1, -0.05) is 6.92 Å². The molecule has 0 saturated carbocycles. The second-order valence-corrected chi connectivity index (χ2v) is 5.00. The summed E-state index contributed by atoms with van der Waals surface area (Å²) in [5.41, 5.74) is 0. The molecule has 1 unspecified atom stereocenters. The van der Waals surface area contributed by atoms with Crippen molar-refractivity contribution < 1.29 is 14.7 Å². The van der Waals surface area contributed by atoms with Gasteiger partial charge in [0.05, 0.1) is 5.92 Å². The number of urea groups is 1. The highest BCUT2D eigenvalue weighted by molar-refractivity contribution is 7.98. The first-order valence-electron chi connectivity index (χ1n) is 5.30. The minimum absolute atomic E-state index is 0.0807. The first kappa shape index (κ1) is 13.2. The summed E-state index contributed by atoms with van der Waals surface area (Å²) in [5, 5.41) is 11.6. The van der Waals surface area contributed by atoms with E-state index in [4.69, 9.17) is 5.11 Å². The van der Waals surface area contributed by atoms with Crippen LogP contribution in [0.1, 0.15) is 6.92 Å². The predicted octanol–water partition coefficient (Wildman–Crippen LogP) is 0.712. The van der Waals surface area contributed by atoms with E-state index in [-0.39, 0.29) is 17.9 Å². The highest BCUT2D eigenvalue weighted by atomic mass is 32.2. The Morgan fingerprint density at radius 3 is 2.69 bits per heavy atom. The van der Waals surface area contributed by atoms with E-state index in [0.717, 1.165) is 5.75 Å². The van der Waals surface area contributed by atoms with Crippen LogP contribution in [0.4, 0.5) is 4.79 Å². The largest absolute Gasteiger partial charge is 0.481 e. The van der Waals surface area contributed by atoms with Gasteiger partial charge in [-0.3, -0.25) is 4.79 Å². The van der Waals surface area contributed by atoms with Crippen LogP contribution in [-0.2, 0) is 4.79 Å². The second-order valence-electron chi connectivity index (χ2n) is 4.02. The molecule has 1 atom stereocenters. The molecule has 1 fully saturated rings. The Kier molecular flexibility index (Phi) is 4.92. The smallest absolute Gasteiger partial charge is 0.317 e. The molecule has 1 aliphatic rings. The van der Waals surface area contributed by atoms with Crippen LogP contribution in [-0.4, -0.2) is 53.6 Å². The molecule has 0 aromatic heterocycles. The molecule has 0 aromatic rings. The molecule has 92 valence electrons. The van der Waals surface area contributed by atoms with E-state index >= 15 is 0 Å². The van der Waals surface area contributed by atoms with Crippen LogP contribution in [0.2, 0.25) is 0 Å². The number of carboxylic acids is 1. The summed E-state index contributed by atoms with van der Waals surface area (Å²) in [6, 6.07) is -0.0807. The van der Waals surface area contributed by atoms with Crippen molar-refractivity contribution in [2.24, 2.45) is 11.8 Å². The van der Waals surface area contributed by atoms with Crippen LogP contribution in [0.3, 0.4) is 0 Å². The third-order valence-corrected chi connectivity index (χ3v) is 3.49. The van der Waals surface area contributed by atoms with Gasteiger partial charge in [0.15, 0.2) is 0 Å². The Labute approximate surface area is 99.6 Å². The molecule has 2 amide bonds. The number of amides is 2. The molecule has 0 bridgehead atoms. The fourth-order valence-electron chi connectivity index (χ4n) is 1.57. The van der Waals surface area contributed by atoms with E-state index in [1.165, 1.54) is 0 Å². The Morgan fingerprint density at radius 1 is 1.56 bits per heavy atom. The zero-order valence-corrected chi connectivity index (χ0v) is 10.4. The molecule has 0 aromatic carbocycles. The zero-order chi connectivity index (χ0) is 12.1. The second kappa shape index (κ2) is 5.98. The molecule has 2 N–H and O–H groups in total. The fourth-order valence-corrected chi connectivity index (χ4v) is 1.87. The quantitative estimate of drug-likeness (QED) is 0.701. The number of carbonyl (C=O) groups is 2. The molecule has 6 heteroatoms. The summed E-state index contributed by atoms with van der Waals surface area (Å²) >= 11 is 1.68. The highest BCUT2D eigenvalue weighted by Crippen LogP contribution is 2.23. The SMILES string of the molecule is CSCCNC(=O)N1CC(C(C)C(=O)O)C1. The normalized spacial score (nSPS) is 17.8. The summed E-state index contributed by atoms with van der Waals surface area (Å²) in [7, 11) is 0. The van der Waals surface area contributed by atoms with Gasteiger partial charge in [-0.05, 0) is 6.26 Å². The topological polar surface area (TPSA) is 69.6 Å². The molecule has 0 radical (unpaired) electrons. The Bertz CT molecular complexity index is 267. The molecule has 1 heterocycles. The summed E-state index contributed by atoms with van der Waals surface area (Å²) in [6.45, 7) is 3.46. The number of nitrogens with one attached hydrogen (secondary N) is 1. The maximum atomic E-state index is 11.5. The monoisotopic (exact) mass is 246 g/mol. The first-order valence-corrected chi connectivity index (χ1v) is 6.70. The van der Waals surface area contributed by atoms with E-state index in [1.54, 1.807) is 23.6 Å². The molecule has 1 rings (SSSR count). The minimum Gasteiger partial charge on any atom is -0.481 e. The van der Waals surface area contributed by atoms with Gasteiger partial charge in [0, 0.05) is 31.3 Å². The van der Waals surface area contributed by atoms with Crippen LogP contribution < -0.4 is 5.32 Å². The molecular formula is C10H18N2O3S. The third kappa shape index (κ3) is 3.30. The summed E-state index contributed by atoms with van der Waals surface area (Å²) in [6.07, 6.45) is 1.99. The number of hydrogen-bond donors (Lipinski definition) is 2. The number of aliphatic carboxylic acids is 1. The zero-order valence-electron chi connectivity index (χ0n) is 9.60. The van der Waals surface area contributed by atoms with E-state index < -0.39 is 5.97 Å². The van der Waals surface area contributed by atoms with Gasteiger partial charge in [-0.15, -0.1) is 0 Å². The van der Waals surface area contributed by atoms with Gasteiger partial charge in [0.25, 0.3) is 0 Å². The van der Waals surface area contributed by atoms with Gasteiger partial charge < -0.3 is 15.3 Å². The van der Waals surface area contributed by atoms with Gasteiger partial charge in [-0.25, -0.2) is 4.79 Å². The lowest BCUT2D eigenvalue weighted by molar-refractivity contribution is -0.144. The summed E-state index contributed by atoms with van der Waals surface area (Å²) in [4.78, 5) is 23.9. The van der Waals surface area contributed by atoms with E-state index in [0.29, 0.717) is 19.6 Å². The Balaban J connectivity index is 2.20. The van der Waals surface area contributed by atoms with Crippen LogP contribution in [0, 0.1) is 11.8 Å². The van der Waals surface area contributed by atoms with E-state index in [1.807, 2.05) is 6.26 Å². The van der Waals surface area contributed by atoms with Crippen LogP contribution >= 0.6 is 11.8 Å². The maximum Gasteiger partial charge on any atom is 0.317 e. The van der Waals surface area contributed by atoms with Gasteiger partial charge >= 0.3 is 12.0 Å². The van der Waals surface area contributed by atoms with Crippen molar-refractivity contribution in [3.63, 3.8) is 0 Å². The maximum absolute atomic E-state index is 11.5. The number of likely N-dealkylation sites (tertiary alicyclic amines) is 1. The highest BCUT2D eigenvalue weighted by Gasteiger charge is 2.36. The standard InChI is InChI=1S/C10H18N2O3S/c1-7(9(13)14)8-5-12(6-8)10(15)11-3-4-16-2/h7-8H,3-6H2,1-2H3,(H,11,15)(H,13,14). The summed E-state index contributed by atoms with van der Waals surface area (Å²) < 4.78 is 0. The van der Waals surface area contributed by atoms with Crippen molar-refractivity contribution in [2.45, 2.75) is 6.92 Å². The molecule has 0 aliphatic carbocycles. The van der Waals surface area contributed by atoms with Crippen molar-refractivity contribution >= 4 is 23.8 Å². The fraction of sp³-hybridized carbons (Fsp3) is 0.800. The molecule has 0 spiro atoms. The van der Waals surface area contributed by atoms with Gasteiger partial charge in [0.2, 0.25) is 0 Å². The lowest BCUT2D eigenvalue weighted by atomic mass is 9.87. The number of carbonyl (C=O) groups excluding carboxylic acids is 1. The van der Waals surface area contributed by atoms with Crippen LogP contribution in [0.5, 0.6) is 0 Å². The first-order chi connectivity index (χ1) is 7.56. The molecule has 16 heavy (non-hydrogen) atoms. The summed E-state index contributed by atoms with van der Waals surface area (Å²) in [5.74, 6) is -0.152. The molecular weight excluding hydrogens is 228 g/mol. The van der Waals surface area contributed by atoms with Crippen LogP contribution in [0.25, 0.3) is 0 Å². The van der Waals surface area contributed by atoms with Crippen molar-refractivity contribution in [3.05, 3.63) is 0 Å². The number of rotatable bonds is 5. The number of hydrogen-bond acceptors (Lipinski definition) is 3. The van der Waals surface area contributed by atoms with E-state index in [9.17, 15) is 9.59 Å². The Morgan fingerprint density at radius 2 is 2.19 bits per heavy atom. The van der Waals surface area contributed by atoms with E-state index in [2.05, 4.69) is 5.32 Å². The third-order valence-electron chi connectivity index (χ3n) is 2.88. The molecule has 1 saturated heterocycles. The van der Waals surface area contributed by atoms with Crippen molar-refractivity contribution in [2.75, 3.05) is 31.6 Å². The number of nitrogens with zero attached hydrogens (tertiary/aromatic N) is 1. The van der Waals surface area contributed by atoms with Gasteiger partial charge in [-0.2, -0.15) is 11.8 Å². The average Bonchev–Trinajstić information content (AvgIpc) is 2.15. The van der Waals surface area contributed by atoms with Crippen molar-refractivity contribution in [1.29, 1.82) is 0 Å². The van der Waals surface area contributed by atoms with Crippen LogP contribution in [0.15, 0.2) is 0 Å². The van der Waals surface area contributed by atoms with Gasteiger partial charge in [0.1, 0.15) is 0 Å².